The van der Waals surface area contributed by atoms with Crippen LogP contribution < -0.4 is 5.32 Å². The fraction of sp³-hybridized carbons (Fsp3) is 0.333. The molecule has 1 N–H and O–H groups in total. The molecule has 0 saturated heterocycles. The van der Waals surface area contributed by atoms with Gasteiger partial charge in [-0.05, 0) is 25.1 Å². The Bertz CT molecular complexity index is 477. The molecule has 0 aliphatic rings. The van der Waals surface area contributed by atoms with E-state index >= 15 is 0 Å². The van der Waals surface area contributed by atoms with Crippen molar-refractivity contribution in [1.82, 2.24) is 5.32 Å². The highest BCUT2D eigenvalue weighted by Gasteiger charge is 2.30. The summed E-state index contributed by atoms with van der Waals surface area (Å²) in [4.78, 5) is 11.6. The van der Waals surface area contributed by atoms with Crippen LogP contribution in [0.3, 0.4) is 0 Å². The van der Waals surface area contributed by atoms with Gasteiger partial charge in [-0.25, -0.2) is 0 Å². The maximum absolute atomic E-state index is 12.4. The summed E-state index contributed by atoms with van der Waals surface area (Å²) in [5, 5.41) is 10.9. The van der Waals surface area contributed by atoms with Gasteiger partial charge in [0, 0.05) is 12.1 Å². The molecule has 3 nitrogen and oxygen atoms in total. The van der Waals surface area contributed by atoms with E-state index in [0.29, 0.717) is 0 Å². The number of alkyl halides is 3. The van der Waals surface area contributed by atoms with Gasteiger partial charge < -0.3 is 5.32 Å². The first kappa shape index (κ1) is 14.0. The summed E-state index contributed by atoms with van der Waals surface area (Å²) in [7, 11) is 0. The number of carbonyl (C=O) groups excluding carboxylic acids is 1. The minimum atomic E-state index is -4.48. The minimum Gasteiger partial charge on any atom is -0.351 e. The van der Waals surface area contributed by atoms with Crippen LogP contribution in [0, 0.1) is 17.2 Å². The highest BCUT2D eigenvalue weighted by atomic mass is 19.4. The topological polar surface area (TPSA) is 52.9 Å². The van der Waals surface area contributed by atoms with E-state index in [1.165, 1.54) is 12.1 Å². The number of benzene rings is 1. The van der Waals surface area contributed by atoms with E-state index in [0.717, 1.165) is 12.1 Å². The third-order valence-electron chi connectivity index (χ3n) is 2.24. The molecule has 0 aliphatic carbocycles. The van der Waals surface area contributed by atoms with Gasteiger partial charge in [0.2, 0.25) is 0 Å². The largest absolute Gasteiger partial charge is 0.416 e. The lowest BCUT2D eigenvalue weighted by Crippen LogP contribution is -2.28. The molecule has 6 heteroatoms. The summed E-state index contributed by atoms with van der Waals surface area (Å²) in [6.07, 6.45) is -4.48. The van der Waals surface area contributed by atoms with Crippen LogP contribution in [0.5, 0.6) is 0 Å². The summed E-state index contributed by atoms with van der Waals surface area (Å²) in [6.45, 7) is 1.71. The molecule has 1 amide bonds. The van der Waals surface area contributed by atoms with Crippen molar-refractivity contribution in [2.24, 2.45) is 5.92 Å². The number of nitrogens with zero attached hydrogens (tertiary/aromatic N) is 1. The molecule has 0 aliphatic heterocycles. The van der Waals surface area contributed by atoms with Gasteiger partial charge in [0.05, 0.1) is 17.6 Å². The molecule has 1 unspecified atom stereocenters. The van der Waals surface area contributed by atoms with Crippen molar-refractivity contribution in [3.8, 4) is 6.07 Å². The third-order valence-corrected chi connectivity index (χ3v) is 2.24. The van der Waals surface area contributed by atoms with Gasteiger partial charge >= 0.3 is 6.18 Å². The lowest BCUT2D eigenvalue weighted by atomic mass is 10.1. The maximum Gasteiger partial charge on any atom is 0.416 e. The number of nitrogens with one attached hydrogen (secondary N) is 1. The van der Waals surface area contributed by atoms with E-state index in [-0.39, 0.29) is 18.0 Å². The van der Waals surface area contributed by atoms with Crippen LogP contribution in [0.4, 0.5) is 13.2 Å². The Balaban J connectivity index is 2.79. The lowest BCUT2D eigenvalue weighted by molar-refractivity contribution is -0.137. The molecule has 0 spiro atoms. The summed E-state index contributed by atoms with van der Waals surface area (Å²) >= 11 is 0. The van der Waals surface area contributed by atoms with Gasteiger partial charge in [0.15, 0.2) is 0 Å². The van der Waals surface area contributed by atoms with E-state index in [2.05, 4.69) is 5.32 Å². The van der Waals surface area contributed by atoms with Crippen LogP contribution in [0.15, 0.2) is 24.3 Å². The molecular formula is C12H11F3N2O. The standard InChI is InChI=1S/C12H11F3N2O/c1-8(6-16)7-17-11(18)9-3-2-4-10(5-9)12(13,14)15/h2-5,8H,7H2,1H3,(H,17,18). The molecule has 96 valence electrons. The normalized spacial score (nSPS) is 12.6. The van der Waals surface area contributed by atoms with Crippen LogP contribution in [0.25, 0.3) is 0 Å². The van der Waals surface area contributed by atoms with E-state index in [9.17, 15) is 18.0 Å². The molecule has 1 aromatic carbocycles. The molecule has 18 heavy (non-hydrogen) atoms. The second-order valence-corrected chi connectivity index (χ2v) is 3.82. The number of rotatable bonds is 3. The van der Waals surface area contributed by atoms with Gasteiger partial charge in [-0.1, -0.05) is 6.07 Å². The number of nitriles is 1. The van der Waals surface area contributed by atoms with Gasteiger partial charge in [-0.15, -0.1) is 0 Å². The van der Waals surface area contributed by atoms with Crippen LogP contribution in [-0.2, 0) is 6.18 Å². The highest BCUT2D eigenvalue weighted by molar-refractivity contribution is 5.94. The van der Waals surface area contributed by atoms with Crippen molar-refractivity contribution in [3.63, 3.8) is 0 Å². The number of carbonyl (C=O) groups is 1. The van der Waals surface area contributed by atoms with Crippen molar-refractivity contribution >= 4 is 5.91 Å². The fourth-order valence-electron chi connectivity index (χ4n) is 1.23. The van der Waals surface area contributed by atoms with E-state index < -0.39 is 17.6 Å². The van der Waals surface area contributed by atoms with Crippen molar-refractivity contribution < 1.29 is 18.0 Å². The first-order valence-corrected chi connectivity index (χ1v) is 5.19. The summed E-state index contributed by atoms with van der Waals surface area (Å²) in [6, 6.07) is 6.06. The molecule has 0 fully saturated rings. The van der Waals surface area contributed by atoms with Crippen molar-refractivity contribution in [3.05, 3.63) is 35.4 Å². The summed E-state index contributed by atoms with van der Waals surface area (Å²) in [5.74, 6) is -1.01. The first-order valence-electron chi connectivity index (χ1n) is 5.19. The Morgan fingerprint density at radius 1 is 1.50 bits per heavy atom. The molecule has 0 radical (unpaired) electrons. The molecule has 1 rings (SSSR count). The second-order valence-electron chi connectivity index (χ2n) is 3.82. The number of hydrogen-bond donors (Lipinski definition) is 1. The number of hydrogen-bond acceptors (Lipinski definition) is 2. The van der Waals surface area contributed by atoms with Crippen molar-refractivity contribution in [2.75, 3.05) is 6.54 Å². The van der Waals surface area contributed by atoms with Crippen molar-refractivity contribution in [1.29, 1.82) is 5.26 Å². The zero-order valence-electron chi connectivity index (χ0n) is 9.58. The molecule has 0 bridgehead atoms. The smallest absolute Gasteiger partial charge is 0.351 e. The van der Waals surface area contributed by atoms with Crippen LogP contribution in [0.2, 0.25) is 0 Å². The maximum atomic E-state index is 12.4. The molecule has 0 aromatic heterocycles. The van der Waals surface area contributed by atoms with Crippen LogP contribution in [0.1, 0.15) is 22.8 Å². The Labute approximate surface area is 102 Å². The fourth-order valence-corrected chi connectivity index (χ4v) is 1.23. The Morgan fingerprint density at radius 2 is 2.17 bits per heavy atom. The van der Waals surface area contributed by atoms with Gasteiger partial charge in [0.1, 0.15) is 0 Å². The van der Waals surface area contributed by atoms with E-state index in [1.807, 2.05) is 6.07 Å². The van der Waals surface area contributed by atoms with E-state index in [1.54, 1.807) is 6.92 Å². The monoisotopic (exact) mass is 256 g/mol. The number of halogens is 3. The van der Waals surface area contributed by atoms with Gasteiger partial charge in [-0.3, -0.25) is 4.79 Å². The van der Waals surface area contributed by atoms with Gasteiger partial charge in [0.25, 0.3) is 5.91 Å². The first-order chi connectivity index (χ1) is 8.34. The highest BCUT2D eigenvalue weighted by Crippen LogP contribution is 2.29. The lowest BCUT2D eigenvalue weighted by Gasteiger charge is -2.09. The van der Waals surface area contributed by atoms with Gasteiger partial charge in [-0.2, -0.15) is 18.4 Å². The molecule has 0 heterocycles. The summed E-state index contributed by atoms with van der Waals surface area (Å²) in [5.41, 5.74) is -0.946. The molecule has 1 aromatic rings. The quantitative estimate of drug-likeness (QED) is 0.903. The summed E-state index contributed by atoms with van der Waals surface area (Å²) < 4.78 is 37.3. The Hall–Kier alpha value is -2.03. The van der Waals surface area contributed by atoms with Crippen LogP contribution in [-0.4, -0.2) is 12.5 Å². The zero-order valence-corrected chi connectivity index (χ0v) is 9.58. The minimum absolute atomic E-state index is 0.0741. The molecular weight excluding hydrogens is 245 g/mol. The van der Waals surface area contributed by atoms with E-state index in [4.69, 9.17) is 5.26 Å². The Kier molecular flexibility index (Phi) is 4.32. The predicted octanol–water partition coefficient (Wildman–Crippen LogP) is 2.59. The second kappa shape index (κ2) is 5.54. The SMILES string of the molecule is CC(C#N)CNC(=O)c1cccc(C(F)(F)F)c1. The average Bonchev–Trinajstić information content (AvgIpc) is 2.34. The molecule has 0 saturated carbocycles. The third kappa shape index (κ3) is 3.77. The van der Waals surface area contributed by atoms with Crippen molar-refractivity contribution in [2.45, 2.75) is 13.1 Å². The predicted molar refractivity (Wildman–Crippen MR) is 58.6 cm³/mol. The zero-order chi connectivity index (χ0) is 13.8. The Morgan fingerprint density at radius 3 is 2.72 bits per heavy atom. The van der Waals surface area contributed by atoms with Crippen LogP contribution >= 0.6 is 0 Å². The molecule has 1 atom stereocenters. The average molecular weight is 256 g/mol. The number of amides is 1.